The molecule has 0 aliphatic rings. The molecule has 0 saturated carbocycles. The molecular formula is C14H19N3O2S. The first-order chi connectivity index (χ1) is 9.66. The molecule has 0 radical (unpaired) electrons. The predicted octanol–water partition coefficient (Wildman–Crippen LogP) is 2.44. The highest BCUT2D eigenvalue weighted by Crippen LogP contribution is 2.22. The Bertz CT molecular complexity index is 509. The number of likely N-dealkylation sites (N-methyl/N-ethyl adjacent to an activating group) is 1. The summed E-state index contributed by atoms with van der Waals surface area (Å²) in [7, 11) is 4.02. The molecule has 1 atom stereocenters. The van der Waals surface area contributed by atoms with Crippen molar-refractivity contribution in [2.75, 3.05) is 20.6 Å². The van der Waals surface area contributed by atoms with Crippen LogP contribution >= 0.6 is 11.3 Å². The van der Waals surface area contributed by atoms with E-state index in [9.17, 15) is 4.79 Å². The fourth-order valence-electron chi connectivity index (χ4n) is 1.85. The number of nitrogens with zero attached hydrogens (tertiary/aromatic N) is 1. The lowest BCUT2D eigenvalue weighted by Crippen LogP contribution is -2.40. The lowest BCUT2D eigenvalue weighted by Gasteiger charge is -2.23. The highest BCUT2D eigenvalue weighted by Gasteiger charge is 2.15. The van der Waals surface area contributed by atoms with Crippen LogP contribution in [0.3, 0.4) is 0 Å². The lowest BCUT2D eigenvalue weighted by atomic mass is 10.2. The minimum absolute atomic E-state index is 0.172. The lowest BCUT2D eigenvalue weighted by molar-refractivity contribution is 0.233. The second kappa shape index (κ2) is 7.12. The van der Waals surface area contributed by atoms with Crippen molar-refractivity contribution in [3.05, 3.63) is 46.5 Å². The van der Waals surface area contributed by atoms with E-state index in [1.165, 1.54) is 4.88 Å². The van der Waals surface area contributed by atoms with Gasteiger partial charge in [0.25, 0.3) is 0 Å². The van der Waals surface area contributed by atoms with Gasteiger partial charge in [-0.25, -0.2) is 4.79 Å². The highest BCUT2D eigenvalue weighted by atomic mass is 32.1. The van der Waals surface area contributed by atoms with E-state index in [1.54, 1.807) is 23.9 Å². The Labute approximate surface area is 122 Å². The van der Waals surface area contributed by atoms with Gasteiger partial charge in [0.2, 0.25) is 0 Å². The SMILES string of the molecule is CN(C)[C@@H](CNC(=O)NCc1ccoc1)c1cccs1. The van der Waals surface area contributed by atoms with Crippen molar-refractivity contribution in [2.45, 2.75) is 12.6 Å². The summed E-state index contributed by atoms with van der Waals surface area (Å²) in [5, 5.41) is 7.75. The van der Waals surface area contributed by atoms with Gasteiger partial charge in [-0.05, 0) is 31.6 Å². The molecule has 2 aromatic heterocycles. The summed E-state index contributed by atoms with van der Waals surface area (Å²) in [5.41, 5.74) is 0.947. The monoisotopic (exact) mass is 293 g/mol. The number of hydrogen-bond donors (Lipinski definition) is 2. The van der Waals surface area contributed by atoms with Gasteiger partial charge in [-0.15, -0.1) is 11.3 Å². The van der Waals surface area contributed by atoms with Crippen LogP contribution in [0.1, 0.15) is 16.5 Å². The molecule has 0 bridgehead atoms. The zero-order valence-corrected chi connectivity index (χ0v) is 12.4. The number of carbonyl (C=O) groups is 1. The molecule has 20 heavy (non-hydrogen) atoms. The van der Waals surface area contributed by atoms with E-state index in [1.807, 2.05) is 31.6 Å². The van der Waals surface area contributed by atoms with E-state index in [2.05, 4.69) is 21.6 Å². The first-order valence-electron chi connectivity index (χ1n) is 6.39. The quantitative estimate of drug-likeness (QED) is 0.860. The maximum atomic E-state index is 11.8. The van der Waals surface area contributed by atoms with Crippen molar-refractivity contribution in [3.63, 3.8) is 0 Å². The fraction of sp³-hybridized carbons (Fsp3) is 0.357. The summed E-state index contributed by atoms with van der Waals surface area (Å²) in [5.74, 6) is 0. The number of urea groups is 1. The largest absolute Gasteiger partial charge is 0.472 e. The summed E-state index contributed by atoms with van der Waals surface area (Å²) in [6.45, 7) is 1.04. The van der Waals surface area contributed by atoms with Crippen LogP contribution in [0.4, 0.5) is 4.79 Å². The van der Waals surface area contributed by atoms with Gasteiger partial charge >= 0.3 is 6.03 Å². The molecule has 2 rings (SSSR count). The topological polar surface area (TPSA) is 57.5 Å². The number of nitrogens with one attached hydrogen (secondary N) is 2. The normalized spacial score (nSPS) is 12.3. The second-order valence-corrected chi connectivity index (χ2v) is 5.67. The van der Waals surface area contributed by atoms with Gasteiger partial charge in [0.15, 0.2) is 0 Å². The fourth-order valence-corrected chi connectivity index (χ4v) is 2.77. The maximum Gasteiger partial charge on any atom is 0.315 e. The first-order valence-corrected chi connectivity index (χ1v) is 7.27. The Kier molecular flexibility index (Phi) is 5.20. The van der Waals surface area contributed by atoms with Gasteiger partial charge in [-0.1, -0.05) is 6.07 Å². The van der Waals surface area contributed by atoms with Crippen LogP contribution in [0, 0.1) is 0 Å². The zero-order valence-electron chi connectivity index (χ0n) is 11.6. The van der Waals surface area contributed by atoms with E-state index in [-0.39, 0.29) is 12.1 Å². The molecule has 0 aromatic carbocycles. The van der Waals surface area contributed by atoms with E-state index in [0.717, 1.165) is 5.56 Å². The Morgan fingerprint density at radius 3 is 2.85 bits per heavy atom. The molecule has 2 heterocycles. The number of furan rings is 1. The summed E-state index contributed by atoms with van der Waals surface area (Å²) < 4.78 is 4.95. The second-order valence-electron chi connectivity index (χ2n) is 4.69. The summed E-state index contributed by atoms with van der Waals surface area (Å²) in [6, 6.07) is 5.95. The molecule has 0 aliphatic carbocycles. The number of amides is 2. The number of carbonyl (C=O) groups excluding carboxylic acids is 1. The van der Waals surface area contributed by atoms with Gasteiger partial charge < -0.3 is 20.0 Å². The smallest absolute Gasteiger partial charge is 0.315 e. The van der Waals surface area contributed by atoms with Crippen LogP contribution in [0.5, 0.6) is 0 Å². The van der Waals surface area contributed by atoms with Crippen molar-refractivity contribution in [1.82, 2.24) is 15.5 Å². The molecule has 0 unspecified atom stereocenters. The number of rotatable bonds is 6. The van der Waals surface area contributed by atoms with Crippen LogP contribution in [0.15, 0.2) is 40.5 Å². The Morgan fingerprint density at radius 2 is 2.25 bits per heavy atom. The minimum atomic E-state index is -0.172. The molecule has 0 spiro atoms. The van der Waals surface area contributed by atoms with Gasteiger partial charge in [0, 0.05) is 23.5 Å². The summed E-state index contributed by atoms with van der Waals surface area (Å²) >= 11 is 1.70. The van der Waals surface area contributed by atoms with E-state index in [0.29, 0.717) is 13.1 Å². The van der Waals surface area contributed by atoms with Gasteiger partial charge in [0.05, 0.1) is 18.6 Å². The number of hydrogen-bond acceptors (Lipinski definition) is 4. The molecule has 5 nitrogen and oxygen atoms in total. The Hall–Kier alpha value is -1.79. The van der Waals surface area contributed by atoms with Crippen molar-refractivity contribution in [2.24, 2.45) is 0 Å². The van der Waals surface area contributed by atoms with E-state index >= 15 is 0 Å². The van der Waals surface area contributed by atoms with E-state index < -0.39 is 0 Å². The maximum absolute atomic E-state index is 11.8. The van der Waals surface area contributed by atoms with Crippen LogP contribution in [-0.2, 0) is 6.54 Å². The molecule has 0 saturated heterocycles. The molecule has 2 aromatic rings. The standard InChI is InChI=1S/C14H19N3O2S/c1-17(2)12(13-4-3-7-20-13)9-16-14(18)15-8-11-5-6-19-10-11/h3-7,10,12H,8-9H2,1-2H3,(H2,15,16,18)/t12-/m0/s1. The Morgan fingerprint density at radius 1 is 1.40 bits per heavy atom. The van der Waals surface area contributed by atoms with Crippen LogP contribution in [0.2, 0.25) is 0 Å². The van der Waals surface area contributed by atoms with Crippen molar-refractivity contribution < 1.29 is 9.21 Å². The van der Waals surface area contributed by atoms with Crippen molar-refractivity contribution in [1.29, 1.82) is 0 Å². The minimum Gasteiger partial charge on any atom is -0.472 e. The van der Waals surface area contributed by atoms with E-state index in [4.69, 9.17) is 4.42 Å². The molecule has 6 heteroatoms. The van der Waals surface area contributed by atoms with Crippen molar-refractivity contribution >= 4 is 17.4 Å². The Balaban J connectivity index is 1.79. The molecule has 108 valence electrons. The summed E-state index contributed by atoms with van der Waals surface area (Å²) in [6.07, 6.45) is 3.21. The average molecular weight is 293 g/mol. The van der Waals surface area contributed by atoms with Crippen LogP contribution < -0.4 is 10.6 Å². The van der Waals surface area contributed by atoms with Crippen LogP contribution in [-0.4, -0.2) is 31.6 Å². The third kappa shape index (κ3) is 4.11. The van der Waals surface area contributed by atoms with Gasteiger partial charge in [-0.2, -0.15) is 0 Å². The molecule has 0 fully saturated rings. The van der Waals surface area contributed by atoms with Crippen LogP contribution in [0.25, 0.3) is 0 Å². The first kappa shape index (κ1) is 14.6. The van der Waals surface area contributed by atoms with Crippen molar-refractivity contribution in [3.8, 4) is 0 Å². The summed E-state index contributed by atoms with van der Waals surface area (Å²) in [4.78, 5) is 15.1. The number of thiophene rings is 1. The highest BCUT2D eigenvalue weighted by molar-refractivity contribution is 7.10. The molecule has 2 N–H and O–H groups in total. The third-order valence-electron chi connectivity index (χ3n) is 2.98. The zero-order chi connectivity index (χ0) is 14.4. The van der Waals surface area contributed by atoms with Gasteiger partial charge in [0.1, 0.15) is 0 Å². The molecule has 2 amide bonds. The average Bonchev–Trinajstić information content (AvgIpc) is 3.09. The van der Waals surface area contributed by atoms with Gasteiger partial charge in [-0.3, -0.25) is 0 Å². The molecule has 0 aliphatic heterocycles. The predicted molar refractivity (Wildman–Crippen MR) is 79.7 cm³/mol. The molecular weight excluding hydrogens is 274 g/mol. The third-order valence-corrected chi connectivity index (χ3v) is 3.96.